The first-order valence-corrected chi connectivity index (χ1v) is 10.1. The van der Waals surface area contributed by atoms with Gasteiger partial charge in [-0.05, 0) is 43.2 Å². The molecule has 0 bridgehead atoms. The smallest absolute Gasteiger partial charge is 0.264 e. The van der Waals surface area contributed by atoms with Crippen molar-refractivity contribution in [3.63, 3.8) is 0 Å². The lowest BCUT2D eigenvalue weighted by Gasteiger charge is -2.17. The molecule has 1 heterocycles. The van der Waals surface area contributed by atoms with E-state index >= 15 is 0 Å². The molecule has 0 spiro atoms. The second kappa shape index (κ2) is 7.31. The van der Waals surface area contributed by atoms with Crippen LogP contribution in [-0.4, -0.2) is 41.0 Å². The van der Waals surface area contributed by atoms with Crippen molar-refractivity contribution in [3.8, 4) is 0 Å². The van der Waals surface area contributed by atoms with E-state index in [1.54, 1.807) is 0 Å². The van der Waals surface area contributed by atoms with Crippen molar-refractivity contribution in [2.45, 2.75) is 32.1 Å². The van der Waals surface area contributed by atoms with Crippen molar-refractivity contribution in [1.29, 1.82) is 0 Å². The first kappa shape index (κ1) is 20.3. The minimum Gasteiger partial charge on any atom is -0.870 e. The van der Waals surface area contributed by atoms with Crippen molar-refractivity contribution in [2.24, 2.45) is 0 Å². The van der Waals surface area contributed by atoms with Crippen LogP contribution < -0.4 is 0 Å². The number of benzene rings is 2. The zero-order valence-corrected chi connectivity index (χ0v) is 16.0. The molecule has 0 aromatic heterocycles. The summed E-state index contributed by atoms with van der Waals surface area (Å²) in [6, 6.07) is 12.6. The highest BCUT2D eigenvalue weighted by atomic mass is 32.2. The van der Waals surface area contributed by atoms with Gasteiger partial charge in [-0.2, -0.15) is 13.0 Å². The summed E-state index contributed by atoms with van der Waals surface area (Å²) < 4.78 is 33.0. The van der Waals surface area contributed by atoms with E-state index < -0.39 is 10.1 Å². The van der Waals surface area contributed by atoms with Crippen LogP contribution in [0.3, 0.4) is 0 Å². The molecule has 2 N–H and O–H groups in total. The van der Waals surface area contributed by atoms with E-state index in [0.29, 0.717) is 19.4 Å². The molecule has 1 aliphatic rings. The molecule has 2 aromatic carbocycles. The van der Waals surface area contributed by atoms with Gasteiger partial charge < -0.3 is 5.48 Å². The minimum absolute atomic E-state index is 0. The van der Waals surface area contributed by atoms with E-state index in [1.165, 1.54) is 16.3 Å². The van der Waals surface area contributed by atoms with E-state index in [0.717, 1.165) is 11.4 Å². The molecule has 0 unspecified atom stereocenters. The molecule has 6 heteroatoms. The Morgan fingerprint density at radius 3 is 2.50 bits per heavy atom. The molecular formula is C20H25NO4S. The van der Waals surface area contributed by atoms with Gasteiger partial charge in [0.1, 0.15) is 6.54 Å². The average Bonchev–Trinajstić information content (AvgIpc) is 2.77. The molecule has 5 nitrogen and oxygen atoms in total. The van der Waals surface area contributed by atoms with E-state index in [1.807, 2.05) is 12.1 Å². The van der Waals surface area contributed by atoms with Crippen LogP contribution in [0.25, 0.3) is 10.8 Å². The predicted molar refractivity (Wildman–Crippen MR) is 105 cm³/mol. The normalized spacial score (nSPS) is 15.7. The molecule has 0 atom stereocenters. The van der Waals surface area contributed by atoms with Crippen LogP contribution in [0.4, 0.5) is 5.69 Å². The number of unbranched alkanes of at least 4 members (excludes halogenated alkanes) is 1. The Bertz CT molecular complexity index is 974. The average molecular weight is 375 g/mol. The third-order valence-corrected chi connectivity index (χ3v) is 5.79. The summed E-state index contributed by atoms with van der Waals surface area (Å²) >= 11 is 0. The van der Waals surface area contributed by atoms with Crippen LogP contribution in [0.1, 0.15) is 32.3 Å². The number of hydrogen-bond donors (Lipinski definition) is 1. The van der Waals surface area contributed by atoms with E-state index in [9.17, 15) is 8.42 Å². The van der Waals surface area contributed by atoms with Crippen molar-refractivity contribution < 1.29 is 23.0 Å². The largest absolute Gasteiger partial charge is 0.870 e. The molecule has 3 rings (SSSR count). The standard InChI is InChI=1S/C20H23NO3S.H2O/c1-4-18-20(2,3)19-16-10-6-5-9-15(16)11-12-17(19)21(18)13-7-8-14-25(22,23)24;/h4-6,9-12H,1,7-8,13-14H2,2-3H3;1H2. The molecular weight excluding hydrogens is 350 g/mol. The van der Waals surface area contributed by atoms with Crippen molar-refractivity contribution in [2.75, 3.05) is 12.3 Å². The Balaban J connectivity index is 0.00000243. The third kappa shape index (κ3) is 3.58. The number of nitrogens with zero attached hydrogens (tertiary/aromatic N) is 1. The molecule has 0 saturated heterocycles. The van der Waals surface area contributed by atoms with Gasteiger partial charge in [0, 0.05) is 18.1 Å². The lowest BCUT2D eigenvalue weighted by atomic mass is 9.79. The van der Waals surface area contributed by atoms with Gasteiger partial charge in [0.15, 0.2) is 5.71 Å². The van der Waals surface area contributed by atoms with Crippen molar-refractivity contribution in [1.82, 2.24) is 0 Å². The summed E-state index contributed by atoms with van der Waals surface area (Å²) in [4.78, 5) is 0. The van der Waals surface area contributed by atoms with Gasteiger partial charge in [-0.25, -0.2) is 0 Å². The first-order valence-electron chi connectivity index (χ1n) is 8.50. The zero-order valence-electron chi connectivity index (χ0n) is 15.1. The molecule has 0 aliphatic carbocycles. The molecule has 2 aromatic rings. The highest BCUT2D eigenvalue weighted by molar-refractivity contribution is 7.85. The second-order valence-corrected chi connectivity index (χ2v) is 8.61. The fourth-order valence-electron chi connectivity index (χ4n) is 3.90. The summed E-state index contributed by atoms with van der Waals surface area (Å²) in [5.41, 5.74) is 3.41. The lowest BCUT2D eigenvalue weighted by Crippen LogP contribution is -2.28. The maximum Gasteiger partial charge on any atom is 0.264 e. The topological polar surface area (TPSA) is 87.4 Å². The number of fused-ring (bicyclic) bond motifs is 3. The van der Waals surface area contributed by atoms with Crippen LogP contribution in [0.5, 0.6) is 0 Å². The van der Waals surface area contributed by atoms with Gasteiger partial charge in [0.05, 0.1) is 11.2 Å². The van der Waals surface area contributed by atoms with Crippen LogP contribution in [0.2, 0.25) is 0 Å². The molecule has 0 amide bonds. The number of hydrogen-bond acceptors (Lipinski definition) is 3. The Kier molecular flexibility index (Phi) is 5.70. The molecule has 140 valence electrons. The molecule has 0 saturated carbocycles. The number of rotatable bonds is 6. The predicted octanol–water partition coefficient (Wildman–Crippen LogP) is 3.89. The van der Waals surface area contributed by atoms with Crippen LogP contribution in [0, 0.1) is 0 Å². The Morgan fingerprint density at radius 1 is 1.15 bits per heavy atom. The van der Waals surface area contributed by atoms with E-state index in [4.69, 9.17) is 4.55 Å². The number of allylic oxidation sites excluding steroid dienone is 1. The van der Waals surface area contributed by atoms with E-state index in [2.05, 4.69) is 55.3 Å². The molecule has 1 aliphatic heterocycles. The van der Waals surface area contributed by atoms with Crippen molar-refractivity contribution in [3.05, 3.63) is 54.6 Å². The Morgan fingerprint density at radius 2 is 1.85 bits per heavy atom. The summed E-state index contributed by atoms with van der Waals surface area (Å²) in [5, 5.41) is 2.45. The van der Waals surface area contributed by atoms with Crippen LogP contribution >= 0.6 is 0 Å². The van der Waals surface area contributed by atoms with Gasteiger partial charge in [-0.3, -0.25) is 4.55 Å². The minimum atomic E-state index is -3.90. The van der Waals surface area contributed by atoms with Gasteiger partial charge in [0.25, 0.3) is 10.1 Å². The summed E-state index contributed by atoms with van der Waals surface area (Å²) in [6.45, 7) is 9.11. The third-order valence-electron chi connectivity index (χ3n) is 4.98. The van der Waals surface area contributed by atoms with Crippen molar-refractivity contribution >= 4 is 32.3 Å². The zero-order chi connectivity index (χ0) is 18.2. The maximum atomic E-state index is 10.9. The van der Waals surface area contributed by atoms with Crippen LogP contribution in [0.15, 0.2) is 49.1 Å². The molecule has 0 radical (unpaired) electrons. The summed E-state index contributed by atoms with van der Waals surface area (Å²) in [5.74, 6) is -0.196. The monoisotopic (exact) mass is 375 g/mol. The molecule has 26 heavy (non-hydrogen) atoms. The van der Waals surface area contributed by atoms with Gasteiger partial charge in [0.2, 0.25) is 5.69 Å². The quantitative estimate of drug-likeness (QED) is 0.471. The van der Waals surface area contributed by atoms with Crippen LogP contribution in [-0.2, 0) is 15.5 Å². The first-order chi connectivity index (χ1) is 11.8. The van der Waals surface area contributed by atoms with Gasteiger partial charge in [-0.1, -0.05) is 30.8 Å². The SMILES string of the molecule is C=CC1=[N+](CCCCS(=O)(=O)O)c2ccc3ccccc3c2C1(C)C.[OH-]. The lowest BCUT2D eigenvalue weighted by molar-refractivity contribution is -0.438. The maximum absolute atomic E-state index is 10.9. The van der Waals surface area contributed by atoms with E-state index in [-0.39, 0.29) is 16.6 Å². The highest BCUT2D eigenvalue weighted by Crippen LogP contribution is 2.44. The molecule has 0 fully saturated rings. The van der Waals surface area contributed by atoms with Gasteiger partial charge >= 0.3 is 0 Å². The second-order valence-electron chi connectivity index (χ2n) is 7.04. The fraction of sp³-hybridized carbons (Fsp3) is 0.350. The summed E-state index contributed by atoms with van der Waals surface area (Å²) in [6.07, 6.45) is 3.01. The fourth-order valence-corrected chi connectivity index (χ4v) is 4.47. The Labute approximate surface area is 154 Å². The Hall–Kier alpha value is -2.02. The highest BCUT2D eigenvalue weighted by Gasteiger charge is 2.44. The summed E-state index contributed by atoms with van der Waals surface area (Å²) in [7, 11) is -3.90. The van der Waals surface area contributed by atoms with Gasteiger partial charge in [-0.15, -0.1) is 0 Å².